The van der Waals surface area contributed by atoms with Gasteiger partial charge in [-0.1, -0.05) is 19.4 Å². The smallest absolute Gasteiger partial charge is 0.251 e. The standard InChI is InChI=1S/C18H26N2O4S/c1-3-17(24-2)18(21)20-10-9-13-7-8-16(11-14(13)12-20)25(22,23)19-15-5-4-6-15/h7-8,11,15,17,19H,3-6,9-10,12H2,1-2H3. The van der Waals surface area contributed by atoms with Crippen molar-refractivity contribution in [1.82, 2.24) is 9.62 Å². The molecule has 0 radical (unpaired) electrons. The van der Waals surface area contributed by atoms with Crippen LogP contribution in [0.2, 0.25) is 0 Å². The molecule has 1 atom stereocenters. The van der Waals surface area contributed by atoms with Crippen LogP contribution < -0.4 is 4.72 Å². The molecule has 138 valence electrons. The minimum atomic E-state index is -3.50. The maximum absolute atomic E-state index is 12.5. The molecule has 1 aliphatic carbocycles. The molecule has 1 saturated carbocycles. The van der Waals surface area contributed by atoms with Crippen molar-refractivity contribution in [2.75, 3.05) is 13.7 Å². The fourth-order valence-electron chi connectivity index (χ4n) is 3.35. The minimum absolute atomic E-state index is 0.0310. The van der Waals surface area contributed by atoms with E-state index in [9.17, 15) is 13.2 Å². The molecule has 1 aliphatic heterocycles. The maximum Gasteiger partial charge on any atom is 0.251 e. The van der Waals surface area contributed by atoms with E-state index in [1.807, 2.05) is 13.0 Å². The summed E-state index contributed by atoms with van der Waals surface area (Å²) in [6, 6.07) is 5.32. The molecule has 25 heavy (non-hydrogen) atoms. The van der Waals surface area contributed by atoms with E-state index < -0.39 is 16.1 Å². The first-order valence-corrected chi connectivity index (χ1v) is 10.4. The number of amides is 1. The van der Waals surface area contributed by atoms with Crippen molar-refractivity contribution < 1.29 is 17.9 Å². The van der Waals surface area contributed by atoms with Crippen molar-refractivity contribution in [3.05, 3.63) is 29.3 Å². The number of carbonyl (C=O) groups excluding carboxylic acids is 1. The van der Waals surface area contributed by atoms with Gasteiger partial charge in [0.1, 0.15) is 6.10 Å². The van der Waals surface area contributed by atoms with Crippen LogP contribution in [-0.4, -0.2) is 45.0 Å². The normalized spacial score (nSPS) is 19.2. The zero-order valence-corrected chi connectivity index (χ0v) is 15.6. The van der Waals surface area contributed by atoms with E-state index in [2.05, 4.69) is 4.72 Å². The van der Waals surface area contributed by atoms with Gasteiger partial charge in [0, 0.05) is 26.2 Å². The van der Waals surface area contributed by atoms with Crippen molar-refractivity contribution >= 4 is 15.9 Å². The van der Waals surface area contributed by atoms with Crippen molar-refractivity contribution in [3.8, 4) is 0 Å². The third-order valence-electron chi connectivity index (χ3n) is 5.17. The highest BCUT2D eigenvalue weighted by Gasteiger charge is 2.28. The lowest BCUT2D eigenvalue weighted by Crippen LogP contribution is -2.43. The highest BCUT2D eigenvalue weighted by atomic mass is 32.2. The first kappa shape index (κ1) is 18.4. The minimum Gasteiger partial charge on any atom is -0.372 e. The summed E-state index contributed by atoms with van der Waals surface area (Å²) >= 11 is 0. The number of carbonyl (C=O) groups is 1. The Morgan fingerprint density at radius 1 is 1.36 bits per heavy atom. The number of fused-ring (bicyclic) bond motifs is 1. The highest BCUT2D eigenvalue weighted by molar-refractivity contribution is 7.89. The molecule has 1 aromatic rings. The Labute approximate surface area is 149 Å². The molecular formula is C18H26N2O4S. The van der Waals surface area contributed by atoms with Gasteiger partial charge in [0.25, 0.3) is 5.91 Å². The number of nitrogens with one attached hydrogen (secondary N) is 1. The molecular weight excluding hydrogens is 340 g/mol. The molecule has 0 aromatic heterocycles. The maximum atomic E-state index is 12.5. The summed E-state index contributed by atoms with van der Waals surface area (Å²) in [5.41, 5.74) is 2.01. The number of benzene rings is 1. The predicted octanol–water partition coefficient (Wildman–Crippen LogP) is 1.83. The average Bonchev–Trinajstić information content (AvgIpc) is 2.58. The van der Waals surface area contributed by atoms with Crippen molar-refractivity contribution in [2.45, 2.75) is 62.6 Å². The molecule has 2 aliphatic rings. The van der Waals surface area contributed by atoms with Crippen LogP contribution in [0.25, 0.3) is 0 Å². The predicted molar refractivity (Wildman–Crippen MR) is 94.6 cm³/mol. The topological polar surface area (TPSA) is 75.7 Å². The molecule has 0 saturated heterocycles. The number of methoxy groups -OCH3 is 1. The summed E-state index contributed by atoms with van der Waals surface area (Å²) in [5.74, 6) is -0.0310. The van der Waals surface area contributed by atoms with E-state index >= 15 is 0 Å². The Kier molecular flexibility index (Phi) is 5.46. The Morgan fingerprint density at radius 2 is 2.12 bits per heavy atom. The van der Waals surface area contributed by atoms with E-state index in [0.717, 1.165) is 36.8 Å². The van der Waals surface area contributed by atoms with E-state index in [1.165, 1.54) is 0 Å². The molecule has 1 N–H and O–H groups in total. The number of rotatable bonds is 6. The van der Waals surface area contributed by atoms with Crippen LogP contribution in [0, 0.1) is 0 Å². The highest BCUT2D eigenvalue weighted by Crippen LogP contribution is 2.25. The second-order valence-corrected chi connectivity index (χ2v) is 8.54. The van der Waals surface area contributed by atoms with Crippen molar-refractivity contribution in [3.63, 3.8) is 0 Å². The molecule has 0 spiro atoms. The number of ether oxygens (including phenoxy) is 1. The second-order valence-electron chi connectivity index (χ2n) is 6.82. The van der Waals surface area contributed by atoms with Crippen LogP contribution >= 0.6 is 0 Å². The van der Waals surface area contributed by atoms with Crippen LogP contribution in [0.3, 0.4) is 0 Å². The molecule has 1 aromatic carbocycles. The Bertz CT molecular complexity index is 739. The molecule has 1 fully saturated rings. The third kappa shape index (κ3) is 3.88. The van der Waals surface area contributed by atoms with Gasteiger partial charge in [-0.15, -0.1) is 0 Å². The third-order valence-corrected chi connectivity index (χ3v) is 6.69. The average molecular weight is 366 g/mol. The van der Waals surface area contributed by atoms with E-state index in [0.29, 0.717) is 19.5 Å². The first-order valence-electron chi connectivity index (χ1n) is 8.90. The second kappa shape index (κ2) is 7.43. The van der Waals surface area contributed by atoms with Gasteiger partial charge in [0.15, 0.2) is 0 Å². The Hall–Kier alpha value is -1.44. The summed E-state index contributed by atoms with van der Waals surface area (Å²) in [5, 5.41) is 0. The molecule has 3 rings (SSSR count). The van der Waals surface area contributed by atoms with Crippen LogP contribution in [-0.2, 0) is 32.5 Å². The molecule has 7 heteroatoms. The van der Waals surface area contributed by atoms with Crippen LogP contribution in [0.1, 0.15) is 43.7 Å². The fourth-order valence-corrected chi connectivity index (χ4v) is 4.70. The zero-order valence-electron chi connectivity index (χ0n) is 14.8. The molecule has 6 nitrogen and oxygen atoms in total. The van der Waals surface area contributed by atoms with Crippen LogP contribution in [0.4, 0.5) is 0 Å². The fraction of sp³-hybridized carbons (Fsp3) is 0.611. The lowest BCUT2D eigenvalue weighted by Gasteiger charge is -2.31. The zero-order chi connectivity index (χ0) is 18.0. The molecule has 1 unspecified atom stereocenters. The molecule has 0 bridgehead atoms. The lowest BCUT2D eigenvalue weighted by atomic mass is 9.94. The molecule has 1 heterocycles. The van der Waals surface area contributed by atoms with Gasteiger partial charge < -0.3 is 9.64 Å². The first-order chi connectivity index (χ1) is 11.9. The molecule has 1 amide bonds. The SMILES string of the molecule is CCC(OC)C(=O)N1CCc2ccc(S(=O)(=O)NC3CCC3)cc2C1. The number of hydrogen-bond donors (Lipinski definition) is 1. The summed E-state index contributed by atoms with van der Waals surface area (Å²) < 4.78 is 33.1. The van der Waals surface area contributed by atoms with Gasteiger partial charge in [-0.25, -0.2) is 13.1 Å². The largest absolute Gasteiger partial charge is 0.372 e. The quantitative estimate of drug-likeness (QED) is 0.833. The number of sulfonamides is 1. The lowest BCUT2D eigenvalue weighted by molar-refractivity contribution is -0.143. The van der Waals surface area contributed by atoms with E-state index in [4.69, 9.17) is 4.74 Å². The summed E-state index contributed by atoms with van der Waals surface area (Å²) in [6.45, 7) is 2.99. The summed E-state index contributed by atoms with van der Waals surface area (Å²) in [7, 11) is -1.95. The Morgan fingerprint density at radius 3 is 2.72 bits per heavy atom. The number of hydrogen-bond acceptors (Lipinski definition) is 4. The monoisotopic (exact) mass is 366 g/mol. The van der Waals surface area contributed by atoms with Crippen LogP contribution in [0.5, 0.6) is 0 Å². The van der Waals surface area contributed by atoms with Crippen molar-refractivity contribution in [1.29, 1.82) is 0 Å². The Balaban J connectivity index is 1.78. The van der Waals surface area contributed by atoms with Crippen LogP contribution in [0.15, 0.2) is 23.1 Å². The van der Waals surface area contributed by atoms with Gasteiger partial charge in [-0.2, -0.15) is 0 Å². The van der Waals surface area contributed by atoms with Crippen molar-refractivity contribution in [2.24, 2.45) is 0 Å². The summed E-state index contributed by atoms with van der Waals surface area (Å²) in [4.78, 5) is 14.6. The van der Waals surface area contributed by atoms with Gasteiger partial charge >= 0.3 is 0 Å². The van der Waals surface area contributed by atoms with E-state index in [1.54, 1.807) is 24.1 Å². The summed E-state index contributed by atoms with van der Waals surface area (Å²) in [6.07, 6.45) is 3.81. The van der Waals surface area contributed by atoms with Gasteiger partial charge in [0.2, 0.25) is 10.0 Å². The number of nitrogens with zero attached hydrogens (tertiary/aromatic N) is 1. The van der Waals surface area contributed by atoms with E-state index in [-0.39, 0.29) is 16.8 Å². The van der Waals surface area contributed by atoms with Gasteiger partial charge in [-0.3, -0.25) is 4.79 Å². The van der Waals surface area contributed by atoms with Gasteiger partial charge in [-0.05, 0) is 48.9 Å². The van der Waals surface area contributed by atoms with Gasteiger partial charge in [0.05, 0.1) is 4.90 Å².